The zero-order chi connectivity index (χ0) is 24.8. The van der Waals surface area contributed by atoms with Gasteiger partial charge in [-0.1, -0.05) is 32.0 Å². The Bertz CT molecular complexity index is 1260. The fraction of sp³-hybridized carbons (Fsp3) is 0.250. The van der Waals surface area contributed by atoms with Crippen LogP contribution in [-0.4, -0.2) is 33.2 Å². The lowest BCUT2D eigenvalue weighted by atomic mass is 9.70. The van der Waals surface area contributed by atoms with Crippen LogP contribution in [0, 0.1) is 5.92 Å². The topological polar surface area (TPSA) is 87.1 Å². The Morgan fingerprint density at radius 2 is 1.74 bits per heavy atom. The number of pyridine rings is 2. The molecule has 35 heavy (non-hydrogen) atoms. The molecule has 1 atom stereocenters. The van der Waals surface area contributed by atoms with Gasteiger partial charge in [0.15, 0.2) is 5.69 Å². The zero-order valence-electron chi connectivity index (χ0n) is 20.3. The van der Waals surface area contributed by atoms with Gasteiger partial charge in [-0.05, 0) is 66.9 Å². The summed E-state index contributed by atoms with van der Waals surface area (Å²) in [6.07, 6.45) is 3.56. The van der Waals surface area contributed by atoms with Crippen LogP contribution in [0.5, 0.6) is 5.75 Å². The number of hydrogen-bond donors (Lipinski definition) is 0. The van der Waals surface area contributed by atoms with E-state index in [0.29, 0.717) is 18.2 Å². The third kappa shape index (κ3) is 5.19. The normalized spacial score (nSPS) is 12.7. The first-order valence-corrected chi connectivity index (χ1v) is 11.4. The minimum absolute atomic E-state index is 0.167. The molecule has 0 aliphatic rings. The summed E-state index contributed by atoms with van der Waals surface area (Å²) in [6.45, 7) is 7.01. The van der Waals surface area contributed by atoms with Crippen molar-refractivity contribution in [1.29, 1.82) is 0 Å². The quantitative estimate of drug-likeness (QED) is 0.326. The second-order valence-electron chi connectivity index (χ2n) is 8.72. The first-order valence-electron chi connectivity index (χ1n) is 11.4. The van der Waals surface area contributed by atoms with Gasteiger partial charge < -0.3 is 9.47 Å². The average Bonchev–Trinajstić information content (AvgIpc) is 2.92. The minimum Gasteiger partial charge on any atom is -0.487 e. The Morgan fingerprint density at radius 1 is 0.943 bits per heavy atom. The highest BCUT2D eigenvalue weighted by atomic mass is 16.5. The van der Waals surface area contributed by atoms with Gasteiger partial charge in [0.05, 0.1) is 24.2 Å². The second kappa shape index (κ2) is 10.4. The van der Waals surface area contributed by atoms with Crippen LogP contribution < -0.4 is 4.74 Å². The van der Waals surface area contributed by atoms with E-state index in [4.69, 9.17) is 9.72 Å². The van der Waals surface area contributed by atoms with Crippen LogP contribution in [0.15, 0.2) is 79.1 Å². The molecule has 0 saturated heterocycles. The number of benzene rings is 1. The van der Waals surface area contributed by atoms with E-state index in [1.54, 1.807) is 24.5 Å². The van der Waals surface area contributed by atoms with Crippen LogP contribution in [0.4, 0.5) is 0 Å². The van der Waals surface area contributed by atoms with E-state index in [0.717, 1.165) is 28.3 Å². The van der Waals surface area contributed by atoms with E-state index in [1.165, 1.54) is 7.11 Å². The molecule has 0 amide bonds. The van der Waals surface area contributed by atoms with E-state index in [1.807, 2.05) is 42.5 Å². The predicted octanol–water partition coefficient (Wildman–Crippen LogP) is 5.26. The highest BCUT2D eigenvalue weighted by Gasteiger charge is 2.34. The number of carbonyl (C=O) groups is 1. The summed E-state index contributed by atoms with van der Waals surface area (Å²) >= 11 is 0. The monoisotopic (exact) mass is 468 g/mol. The number of methoxy groups -OCH3 is 1. The molecule has 1 aromatic carbocycles. The van der Waals surface area contributed by atoms with Crippen LogP contribution >= 0.6 is 0 Å². The van der Waals surface area contributed by atoms with Gasteiger partial charge in [0.25, 0.3) is 0 Å². The zero-order valence-corrected chi connectivity index (χ0v) is 20.3. The molecular formula is C28H28N4O3. The Balaban J connectivity index is 1.53. The average molecular weight is 469 g/mol. The van der Waals surface area contributed by atoms with Crippen molar-refractivity contribution in [2.75, 3.05) is 7.11 Å². The summed E-state index contributed by atoms with van der Waals surface area (Å²) < 4.78 is 10.6. The van der Waals surface area contributed by atoms with Crippen molar-refractivity contribution in [3.63, 3.8) is 0 Å². The van der Waals surface area contributed by atoms with Gasteiger partial charge in [-0.2, -0.15) is 0 Å². The van der Waals surface area contributed by atoms with Gasteiger partial charge in [0, 0.05) is 23.4 Å². The van der Waals surface area contributed by atoms with Gasteiger partial charge in [-0.15, -0.1) is 10.2 Å². The van der Waals surface area contributed by atoms with Crippen LogP contribution in [0.3, 0.4) is 0 Å². The van der Waals surface area contributed by atoms with Crippen LogP contribution in [0.1, 0.15) is 48.2 Å². The lowest BCUT2D eigenvalue weighted by Gasteiger charge is -2.34. The van der Waals surface area contributed by atoms with Crippen molar-refractivity contribution in [2.24, 2.45) is 5.92 Å². The number of esters is 1. The molecule has 0 N–H and O–H groups in total. The maximum absolute atomic E-state index is 11.6. The molecule has 0 aliphatic carbocycles. The third-order valence-electron chi connectivity index (χ3n) is 6.37. The molecule has 1 unspecified atom stereocenters. The van der Waals surface area contributed by atoms with E-state index in [9.17, 15) is 4.79 Å². The number of carbonyl (C=O) groups excluding carboxylic acids is 1. The van der Waals surface area contributed by atoms with Crippen molar-refractivity contribution >= 4 is 5.97 Å². The van der Waals surface area contributed by atoms with Crippen molar-refractivity contribution < 1.29 is 14.3 Å². The number of rotatable bonds is 8. The number of aromatic nitrogens is 4. The van der Waals surface area contributed by atoms with Gasteiger partial charge in [0.1, 0.15) is 12.4 Å². The van der Waals surface area contributed by atoms with Crippen molar-refractivity contribution in [1.82, 2.24) is 20.2 Å². The molecule has 7 nitrogen and oxygen atoms in total. The number of hydrogen-bond acceptors (Lipinski definition) is 7. The van der Waals surface area contributed by atoms with Gasteiger partial charge in [0.2, 0.25) is 0 Å². The van der Waals surface area contributed by atoms with Crippen LogP contribution in [0.25, 0.3) is 11.3 Å². The van der Waals surface area contributed by atoms with Gasteiger partial charge >= 0.3 is 5.97 Å². The molecular weight excluding hydrogens is 440 g/mol. The summed E-state index contributed by atoms with van der Waals surface area (Å²) in [4.78, 5) is 20.7. The smallest absolute Gasteiger partial charge is 0.358 e. The first kappa shape index (κ1) is 24.0. The molecule has 3 heterocycles. The molecule has 4 aromatic rings. The Morgan fingerprint density at radius 3 is 2.31 bits per heavy atom. The molecule has 178 valence electrons. The predicted molar refractivity (Wildman–Crippen MR) is 133 cm³/mol. The molecule has 0 saturated carbocycles. The molecule has 0 aliphatic heterocycles. The molecule has 0 fully saturated rings. The summed E-state index contributed by atoms with van der Waals surface area (Å²) in [5.41, 5.74) is 4.31. The minimum atomic E-state index is -0.515. The first-order chi connectivity index (χ1) is 16.9. The standard InChI is InChI=1S/C28H28N4O3/c1-19(2)28(3,21-9-11-23(12-10-21)35-18-22-7-5-6-16-29-22)26-15-8-20(17-30-26)24-13-14-25(32-31-24)27(33)34-4/h5-17,19H,18H2,1-4H3. The molecule has 0 bridgehead atoms. The molecule has 4 rings (SSSR count). The SMILES string of the molecule is COC(=O)c1ccc(-c2ccc(C(C)(c3ccc(OCc4ccccn4)cc3)C(C)C)nc2)nn1. The Kier molecular flexibility index (Phi) is 7.15. The van der Waals surface area contributed by atoms with Gasteiger partial charge in [-0.25, -0.2) is 4.79 Å². The Hall–Kier alpha value is -4.13. The Labute approximate surface area is 205 Å². The number of nitrogens with zero attached hydrogens (tertiary/aromatic N) is 4. The maximum atomic E-state index is 11.6. The lowest BCUT2D eigenvalue weighted by molar-refractivity contribution is 0.0592. The summed E-state index contributed by atoms with van der Waals surface area (Å²) in [5, 5.41) is 8.09. The number of ether oxygens (including phenoxy) is 2. The van der Waals surface area contributed by atoms with Crippen molar-refractivity contribution in [2.45, 2.75) is 32.8 Å². The largest absolute Gasteiger partial charge is 0.487 e. The lowest BCUT2D eigenvalue weighted by Crippen LogP contribution is -2.31. The molecule has 7 heteroatoms. The van der Waals surface area contributed by atoms with Crippen molar-refractivity contribution in [3.8, 4) is 17.0 Å². The molecule has 3 aromatic heterocycles. The fourth-order valence-corrected chi connectivity index (χ4v) is 3.87. The second-order valence-corrected chi connectivity index (χ2v) is 8.72. The fourth-order valence-electron chi connectivity index (χ4n) is 3.87. The van der Waals surface area contributed by atoms with E-state index < -0.39 is 5.97 Å². The van der Waals surface area contributed by atoms with Gasteiger partial charge in [-0.3, -0.25) is 9.97 Å². The molecule has 0 spiro atoms. The van der Waals surface area contributed by atoms with Crippen molar-refractivity contribution in [3.05, 3.63) is 102 Å². The summed E-state index contributed by atoms with van der Waals surface area (Å²) in [5.74, 6) is 0.571. The van der Waals surface area contributed by atoms with Crippen LogP contribution in [-0.2, 0) is 16.8 Å². The summed E-state index contributed by atoms with van der Waals surface area (Å²) in [7, 11) is 1.31. The highest BCUT2D eigenvalue weighted by molar-refractivity contribution is 5.87. The van der Waals surface area contributed by atoms with E-state index in [-0.39, 0.29) is 11.1 Å². The summed E-state index contributed by atoms with van der Waals surface area (Å²) in [6, 6.07) is 21.3. The van der Waals surface area contributed by atoms with E-state index in [2.05, 4.69) is 52.8 Å². The molecule has 0 radical (unpaired) electrons. The van der Waals surface area contributed by atoms with E-state index >= 15 is 0 Å². The third-order valence-corrected chi connectivity index (χ3v) is 6.37. The van der Waals surface area contributed by atoms with Crippen LogP contribution in [0.2, 0.25) is 0 Å². The highest BCUT2D eigenvalue weighted by Crippen LogP contribution is 2.39. The maximum Gasteiger partial charge on any atom is 0.358 e.